The van der Waals surface area contributed by atoms with Crippen molar-refractivity contribution in [3.8, 4) is 0 Å². The van der Waals surface area contributed by atoms with E-state index < -0.39 is 0 Å². The first-order valence-electron chi connectivity index (χ1n) is 10.3. The summed E-state index contributed by atoms with van der Waals surface area (Å²) >= 11 is 2.05. The molecule has 2 fully saturated rings. The molecule has 3 aliphatic rings. The smallest absolute Gasteiger partial charge is 0.0792 e. The molecule has 2 aliphatic heterocycles. The number of hydrogen-bond acceptors (Lipinski definition) is 5. The molecule has 2 aromatic heterocycles. The molecule has 1 aliphatic carbocycles. The summed E-state index contributed by atoms with van der Waals surface area (Å²) < 4.78 is 5.47. The third-order valence-corrected chi connectivity index (χ3v) is 6.95. The van der Waals surface area contributed by atoms with Crippen LogP contribution in [0.4, 0.5) is 0 Å². The SMILES string of the molecule is C1=CC2NCCSCCC2C=C1c1nccc2[nH]c(CN3CCOCC3)cc12. The van der Waals surface area contributed by atoms with Crippen molar-refractivity contribution in [1.82, 2.24) is 20.2 Å². The molecule has 2 unspecified atom stereocenters. The number of rotatable bonds is 3. The Bertz CT molecular complexity index is 884. The minimum absolute atomic E-state index is 0.465. The summed E-state index contributed by atoms with van der Waals surface area (Å²) in [7, 11) is 0. The van der Waals surface area contributed by atoms with E-state index in [-0.39, 0.29) is 0 Å². The minimum Gasteiger partial charge on any atom is -0.379 e. The first-order valence-corrected chi connectivity index (χ1v) is 11.5. The highest BCUT2D eigenvalue weighted by Crippen LogP contribution is 2.32. The first-order chi connectivity index (χ1) is 13.9. The largest absolute Gasteiger partial charge is 0.379 e. The molecule has 2 atom stereocenters. The van der Waals surface area contributed by atoms with Gasteiger partial charge in [0.2, 0.25) is 0 Å². The molecular formula is C22H28N4OS. The fraction of sp³-hybridized carbons (Fsp3) is 0.500. The number of H-pyrrole nitrogens is 1. The van der Waals surface area contributed by atoms with Crippen LogP contribution in [0.2, 0.25) is 0 Å². The monoisotopic (exact) mass is 396 g/mol. The van der Waals surface area contributed by atoms with Crippen LogP contribution in [0.5, 0.6) is 0 Å². The van der Waals surface area contributed by atoms with E-state index in [1.807, 2.05) is 6.20 Å². The van der Waals surface area contributed by atoms with E-state index in [2.05, 4.69) is 57.3 Å². The van der Waals surface area contributed by atoms with Gasteiger partial charge in [-0.25, -0.2) is 0 Å². The van der Waals surface area contributed by atoms with Gasteiger partial charge in [0, 0.05) is 60.8 Å². The zero-order chi connectivity index (χ0) is 18.8. The molecule has 0 aromatic carbocycles. The van der Waals surface area contributed by atoms with Crippen molar-refractivity contribution < 1.29 is 4.74 Å². The molecular weight excluding hydrogens is 368 g/mol. The van der Waals surface area contributed by atoms with Gasteiger partial charge in [0.25, 0.3) is 0 Å². The number of ether oxygens (including phenoxy) is 1. The summed E-state index contributed by atoms with van der Waals surface area (Å²) in [5, 5.41) is 4.92. The molecule has 0 bridgehead atoms. The van der Waals surface area contributed by atoms with E-state index in [0.29, 0.717) is 12.0 Å². The second-order valence-electron chi connectivity index (χ2n) is 7.83. The maximum absolute atomic E-state index is 5.47. The summed E-state index contributed by atoms with van der Waals surface area (Å²) in [6.45, 7) is 5.71. The van der Waals surface area contributed by atoms with Crippen LogP contribution < -0.4 is 5.32 Å². The van der Waals surface area contributed by atoms with E-state index in [1.165, 1.54) is 40.1 Å². The molecule has 0 spiro atoms. The molecule has 5 rings (SSSR count). The number of pyridine rings is 1. The molecule has 0 radical (unpaired) electrons. The van der Waals surface area contributed by atoms with Crippen LogP contribution in [0.15, 0.2) is 36.6 Å². The minimum atomic E-state index is 0.465. The second-order valence-corrected chi connectivity index (χ2v) is 9.05. The summed E-state index contributed by atoms with van der Waals surface area (Å²) in [6, 6.07) is 4.85. The molecule has 28 heavy (non-hydrogen) atoms. The molecule has 148 valence electrons. The van der Waals surface area contributed by atoms with Crippen molar-refractivity contribution >= 4 is 28.2 Å². The summed E-state index contributed by atoms with van der Waals surface area (Å²) in [5.74, 6) is 3.01. The number of fused-ring (bicyclic) bond motifs is 2. The Morgan fingerprint density at radius 2 is 2.18 bits per heavy atom. The molecule has 5 nitrogen and oxygen atoms in total. The molecule has 0 amide bonds. The Kier molecular flexibility index (Phi) is 5.54. The van der Waals surface area contributed by atoms with Crippen LogP contribution in [0.25, 0.3) is 16.5 Å². The van der Waals surface area contributed by atoms with Gasteiger partial charge in [-0.05, 0) is 35.8 Å². The molecule has 2 saturated heterocycles. The first kappa shape index (κ1) is 18.4. The van der Waals surface area contributed by atoms with E-state index in [4.69, 9.17) is 9.72 Å². The lowest BCUT2D eigenvalue weighted by molar-refractivity contribution is 0.0337. The Hall–Kier alpha value is -1.60. The number of morpholine rings is 1. The van der Waals surface area contributed by atoms with Crippen molar-refractivity contribution in [2.75, 3.05) is 44.4 Å². The van der Waals surface area contributed by atoms with Gasteiger partial charge in [0.15, 0.2) is 0 Å². The van der Waals surface area contributed by atoms with Crippen LogP contribution >= 0.6 is 11.8 Å². The summed E-state index contributed by atoms with van der Waals surface area (Å²) in [6.07, 6.45) is 10.2. The normalized spacial score (nSPS) is 26.5. The molecule has 4 heterocycles. The summed E-state index contributed by atoms with van der Waals surface area (Å²) in [4.78, 5) is 10.8. The second kappa shape index (κ2) is 8.41. The maximum atomic E-state index is 5.47. The third kappa shape index (κ3) is 3.92. The summed E-state index contributed by atoms with van der Waals surface area (Å²) in [5.41, 5.74) is 4.80. The maximum Gasteiger partial charge on any atom is 0.0792 e. The standard InChI is InChI=1S/C22H28N4OS/c1-2-20-16(4-11-28-12-6-23-20)13-17(1)22-19-14-18(25-21(19)3-5-24-22)15-26-7-9-27-10-8-26/h1-3,5,13-14,16,20,23,25H,4,6-12,15H2. The molecule has 2 N–H and O–H groups in total. The topological polar surface area (TPSA) is 53.2 Å². The van der Waals surface area contributed by atoms with Crippen molar-refractivity contribution in [3.63, 3.8) is 0 Å². The van der Waals surface area contributed by atoms with Crippen LogP contribution in [0, 0.1) is 5.92 Å². The zero-order valence-corrected chi connectivity index (χ0v) is 17.0. The number of thioether (sulfide) groups is 1. The van der Waals surface area contributed by atoms with Crippen LogP contribution in [-0.4, -0.2) is 65.3 Å². The fourth-order valence-corrected chi connectivity index (χ4v) is 5.33. The van der Waals surface area contributed by atoms with Gasteiger partial charge >= 0.3 is 0 Å². The lowest BCUT2D eigenvalue weighted by Gasteiger charge is -2.29. The van der Waals surface area contributed by atoms with Gasteiger partial charge in [0.05, 0.1) is 18.9 Å². The fourth-order valence-electron chi connectivity index (χ4n) is 4.43. The molecule has 2 aromatic rings. The number of nitrogens with zero attached hydrogens (tertiary/aromatic N) is 2. The Morgan fingerprint density at radius 3 is 3.11 bits per heavy atom. The predicted molar refractivity (Wildman–Crippen MR) is 117 cm³/mol. The highest BCUT2D eigenvalue weighted by atomic mass is 32.2. The number of aromatic nitrogens is 2. The average molecular weight is 397 g/mol. The lowest BCUT2D eigenvalue weighted by atomic mass is 9.87. The Morgan fingerprint density at radius 1 is 1.25 bits per heavy atom. The number of nitrogens with one attached hydrogen (secondary N) is 2. The van der Waals surface area contributed by atoms with Gasteiger partial charge in [-0.1, -0.05) is 18.2 Å². The van der Waals surface area contributed by atoms with E-state index in [9.17, 15) is 0 Å². The highest BCUT2D eigenvalue weighted by molar-refractivity contribution is 7.99. The van der Waals surface area contributed by atoms with Crippen LogP contribution in [0.1, 0.15) is 17.8 Å². The van der Waals surface area contributed by atoms with Crippen molar-refractivity contribution in [2.24, 2.45) is 5.92 Å². The average Bonchev–Trinajstić information content (AvgIpc) is 3.11. The lowest BCUT2D eigenvalue weighted by Crippen LogP contribution is -2.38. The van der Waals surface area contributed by atoms with Gasteiger partial charge in [-0.3, -0.25) is 9.88 Å². The zero-order valence-electron chi connectivity index (χ0n) is 16.2. The molecule has 6 heteroatoms. The van der Waals surface area contributed by atoms with Crippen LogP contribution in [-0.2, 0) is 11.3 Å². The van der Waals surface area contributed by atoms with Crippen molar-refractivity contribution in [2.45, 2.75) is 19.0 Å². The molecule has 0 saturated carbocycles. The van der Waals surface area contributed by atoms with Crippen molar-refractivity contribution in [1.29, 1.82) is 0 Å². The van der Waals surface area contributed by atoms with E-state index in [1.54, 1.807) is 0 Å². The van der Waals surface area contributed by atoms with Gasteiger partial charge in [0.1, 0.15) is 0 Å². The Balaban J connectivity index is 1.42. The predicted octanol–water partition coefficient (Wildman–Crippen LogP) is 3.06. The van der Waals surface area contributed by atoms with Gasteiger partial charge < -0.3 is 15.0 Å². The Labute approximate surface area is 170 Å². The van der Waals surface area contributed by atoms with Crippen LogP contribution in [0.3, 0.4) is 0 Å². The van der Waals surface area contributed by atoms with Gasteiger partial charge in [-0.15, -0.1) is 0 Å². The number of aromatic amines is 1. The number of allylic oxidation sites excluding steroid dienone is 2. The highest BCUT2D eigenvalue weighted by Gasteiger charge is 2.23. The quantitative estimate of drug-likeness (QED) is 0.835. The third-order valence-electron chi connectivity index (χ3n) is 5.94. The number of hydrogen-bond donors (Lipinski definition) is 2. The van der Waals surface area contributed by atoms with E-state index in [0.717, 1.165) is 45.1 Å². The van der Waals surface area contributed by atoms with Gasteiger partial charge in [-0.2, -0.15) is 11.8 Å². The van der Waals surface area contributed by atoms with E-state index >= 15 is 0 Å². The van der Waals surface area contributed by atoms with Crippen molar-refractivity contribution in [3.05, 3.63) is 47.9 Å².